The van der Waals surface area contributed by atoms with Crippen molar-refractivity contribution in [1.29, 1.82) is 0 Å². The third-order valence-corrected chi connectivity index (χ3v) is 5.44. The molecule has 8 nitrogen and oxygen atoms in total. The van der Waals surface area contributed by atoms with E-state index in [0.29, 0.717) is 34.0 Å². The minimum Gasteiger partial charge on any atom is -0.442 e. The Labute approximate surface area is 194 Å². The van der Waals surface area contributed by atoms with E-state index in [1.54, 1.807) is 30.5 Å². The minimum atomic E-state index is -5.44. The van der Waals surface area contributed by atoms with E-state index in [4.69, 9.17) is 10.3 Å². The maximum atomic E-state index is 13.9. The number of nitrogens with zero attached hydrogens (tertiary/aromatic N) is 4. The first-order chi connectivity index (χ1) is 16.3. The molecule has 4 aromatic rings. The molecule has 13 heteroatoms. The van der Waals surface area contributed by atoms with Gasteiger partial charge in [-0.3, -0.25) is 4.40 Å². The van der Waals surface area contributed by atoms with E-state index in [2.05, 4.69) is 19.9 Å². The summed E-state index contributed by atoms with van der Waals surface area (Å²) in [6, 6.07) is 5.47. The zero-order chi connectivity index (χ0) is 25.7. The maximum absolute atomic E-state index is 13.9. The number of halogens is 5. The van der Waals surface area contributed by atoms with Crippen LogP contribution in [-0.2, 0) is 15.1 Å². The molecule has 184 valence electrons. The van der Waals surface area contributed by atoms with Crippen molar-refractivity contribution in [2.45, 2.75) is 39.0 Å². The molecule has 0 saturated carbocycles. The van der Waals surface area contributed by atoms with Gasteiger partial charge in [0.05, 0.1) is 17.6 Å². The van der Waals surface area contributed by atoms with Gasteiger partial charge in [-0.05, 0) is 32.4 Å². The molecule has 4 rings (SSSR count). The van der Waals surface area contributed by atoms with Crippen molar-refractivity contribution in [1.82, 2.24) is 19.5 Å². The molecule has 0 fully saturated rings. The second kappa shape index (κ2) is 8.32. The number of nitrogen functional groups attached to an aromatic ring is 1. The van der Waals surface area contributed by atoms with Crippen LogP contribution in [0.25, 0.3) is 28.4 Å². The molecule has 0 aliphatic rings. The van der Waals surface area contributed by atoms with E-state index < -0.39 is 24.2 Å². The largest absolute Gasteiger partial charge is 0.490 e. The van der Waals surface area contributed by atoms with Crippen molar-refractivity contribution in [2.75, 3.05) is 5.73 Å². The van der Waals surface area contributed by atoms with Gasteiger partial charge in [-0.25, -0.2) is 23.5 Å². The SMILES string of the molecule is Cc1cc(-c2cn3c(-c4cc(C(C)(OC(=O)C(F)(F)F)C(F)F)ccc4C)cnc3c(N)n2)on1. The number of imidazole rings is 1. The Balaban J connectivity index is 1.86. The van der Waals surface area contributed by atoms with Crippen LogP contribution in [0.5, 0.6) is 0 Å². The summed E-state index contributed by atoms with van der Waals surface area (Å²) in [4.78, 5) is 19.9. The summed E-state index contributed by atoms with van der Waals surface area (Å²) in [5.74, 6) is -2.35. The highest BCUT2D eigenvalue weighted by atomic mass is 19.4. The molecule has 0 amide bonds. The van der Waals surface area contributed by atoms with E-state index in [9.17, 15) is 26.7 Å². The lowest BCUT2D eigenvalue weighted by molar-refractivity contribution is -0.226. The molecule has 0 spiro atoms. The molecule has 1 unspecified atom stereocenters. The normalized spacial score (nSPS) is 13.9. The number of anilines is 1. The third kappa shape index (κ3) is 4.29. The Hall–Kier alpha value is -4.03. The molecule has 2 N–H and O–H groups in total. The first-order valence-electron chi connectivity index (χ1n) is 10.1. The standard InChI is InChI=1S/C22H18F5N5O3/c1-10-4-5-12(21(3,19(23)24)34-20(33)22(25,26)27)7-13(10)15-8-29-18-17(28)30-14(9-32(15)18)16-6-11(2)31-35-16/h4-9,19H,1-3H3,(H2,28,30). The van der Waals surface area contributed by atoms with Crippen LogP contribution in [0.15, 0.2) is 41.2 Å². The number of fused-ring (bicyclic) bond motifs is 1. The van der Waals surface area contributed by atoms with Crippen molar-refractivity contribution < 1.29 is 36.0 Å². The second-order valence-corrected chi connectivity index (χ2v) is 8.01. The molecule has 3 aromatic heterocycles. The van der Waals surface area contributed by atoms with Gasteiger partial charge >= 0.3 is 12.1 Å². The monoisotopic (exact) mass is 495 g/mol. The van der Waals surface area contributed by atoms with Gasteiger partial charge in [-0.15, -0.1) is 0 Å². The Kier molecular flexibility index (Phi) is 5.73. The number of ether oxygens (including phenoxy) is 1. The average Bonchev–Trinajstić information content (AvgIpc) is 3.39. The fourth-order valence-corrected chi connectivity index (χ4v) is 3.50. The Morgan fingerprint density at radius 2 is 1.91 bits per heavy atom. The molecule has 1 atom stereocenters. The Morgan fingerprint density at radius 3 is 2.51 bits per heavy atom. The Morgan fingerprint density at radius 1 is 1.20 bits per heavy atom. The first-order valence-corrected chi connectivity index (χ1v) is 10.1. The Bertz CT molecular complexity index is 1430. The fraction of sp³-hybridized carbons (Fsp3) is 0.273. The van der Waals surface area contributed by atoms with Crippen LogP contribution < -0.4 is 5.73 Å². The van der Waals surface area contributed by atoms with E-state index in [-0.39, 0.29) is 17.0 Å². The lowest BCUT2D eigenvalue weighted by Gasteiger charge is -2.30. The van der Waals surface area contributed by atoms with Gasteiger partial charge in [0.2, 0.25) is 0 Å². The number of hydrogen-bond donors (Lipinski definition) is 1. The number of nitrogens with two attached hydrogens (primary N) is 1. The molecular weight excluding hydrogens is 477 g/mol. The molecule has 35 heavy (non-hydrogen) atoms. The lowest BCUT2D eigenvalue weighted by atomic mass is 9.91. The highest BCUT2D eigenvalue weighted by Gasteiger charge is 2.49. The molecule has 0 bridgehead atoms. The number of carbonyl (C=O) groups excluding carboxylic acids is 1. The van der Waals surface area contributed by atoms with Crippen LogP contribution in [0.2, 0.25) is 0 Å². The van der Waals surface area contributed by atoms with Gasteiger partial charge in [0, 0.05) is 23.4 Å². The van der Waals surface area contributed by atoms with Gasteiger partial charge < -0.3 is 15.0 Å². The molecule has 1 aromatic carbocycles. The number of alkyl halides is 5. The average molecular weight is 495 g/mol. The third-order valence-electron chi connectivity index (χ3n) is 5.44. The molecule has 0 radical (unpaired) electrons. The van der Waals surface area contributed by atoms with Gasteiger partial charge in [-0.2, -0.15) is 13.2 Å². The number of aryl methyl sites for hydroxylation is 2. The predicted molar refractivity (Wildman–Crippen MR) is 113 cm³/mol. The summed E-state index contributed by atoms with van der Waals surface area (Å²) in [5, 5.41) is 3.81. The topological polar surface area (TPSA) is 109 Å². The molecule has 0 aliphatic heterocycles. The molecular formula is C22H18F5N5O3. The highest BCUT2D eigenvalue weighted by molar-refractivity contribution is 5.77. The number of carbonyl (C=O) groups is 1. The van der Waals surface area contributed by atoms with Crippen LogP contribution in [0.1, 0.15) is 23.7 Å². The fourth-order valence-electron chi connectivity index (χ4n) is 3.50. The van der Waals surface area contributed by atoms with Gasteiger partial charge in [0.15, 0.2) is 22.8 Å². The van der Waals surface area contributed by atoms with Crippen molar-refractivity contribution in [3.63, 3.8) is 0 Å². The summed E-state index contributed by atoms with van der Waals surface area (Å²) in [6.45, 7) is 4.11. The van der Waals surface area contributed by atoms with Crippen LogP contribution in [0.3, 0.4) is 0 Å². The number of rotatable bonds is 5. The van der Waals surface area contributed by atoms with Crippen molar-refractivity contribution in [3.8, 4) is 22.7 Å². The quantitative estimate of drug-likeness (QED) is 0.312. The molecule has 0 saturated heterocycles. The van der Waals surface area contributed by atoms with Crippen molar-refractivity contribution >= 4 is 17.4 Å². The summed E-state index contributed by atoms with van der Waals surface area (Å²) < 4.78 is 77.2. The number of aromatic nitrogens is 4. The highest BCUT2D eigenvalue weighted by Crippen LogP contribution is 2.38. The summed E-state index contributed by atoms with van der Waals surface area (Å²) in [6.07, 6.45) is -5.93. The summed E-state index contributed by atoms with van der Waals surface area (Å²) in [5.41, 5.74) is 5.33. The van der Waals surface area contributed by atoms with Crippen LogP contribution in [0.4, 0.5) is 27.8 Å². The van der Waals surface area contributed by atoms with Crippen LogP contribution >= 0.6 is 0 Å². The number of benzene rings is 1. The van der Waals surface area contributed by atoms with Crippen LogP contribution in [-0.4, -0.2) is 38.1 Å². The summed E-state index contributed by atoms with van der Waals surface area (Å²) in [7, 11) is 0. The van der Waals surface area contributed by atoms with E-state index in [0.717, 1.165) is 6.92 Å². The van der Waals surface area contributed by atoms with Crippen molar-refractivity contribution in [2.24, 2.45) is 0 Å². The number of esters is 1. The predicted octanol–water partition coefficient (Wildman–Crippen LogP) is 4.84. The molecule has 0 aliphatic carbocycles. The number of hydrogen-bond acceptors (Lipinski definition) is 7. The van der Waals surface area contributed by atoms with Crippen LogP contribution in [0, 0.1) is 13.8 Å². The zero-order valence-electron chi connectivity index (χ0n) is 18.5. The lowest BCUT2D eigenvalue weighted by Crippen LogP contribution is -2.41. The summed E-state index contributed by atoms with van der Waals surface area (Å²) >= 11 is 0. The molecule has 3 heterocycles. The van der Waals surface area contributed by atoms with Gasteiger partial charge in [-0.1, -0.05) is 17.3 Å². The smallest absolute Gasteiger partial charge is 0.442 e. The maximum Gasteiger partial charge on any atom is 0.490 e. The van der Waals surface area contributed by atoms with Crippen molar-refractivity contribution in [3.05, 3.63) is 53.5 Å². The minimum absolute atomic E-state index is 0.0492. The van der Waals surface area contributed by atoms with E-state index in [1.807, 2.05) is 0 Å². The van der Waals surface area contributed by atoms with Gasteiger partial charge in [0.25, 0.3) is 6.43 Å². The first kappa shape index (κ1) is 24.1. The van der Waals surface area contributed by atoms with E-state index >= 15 is 0 Å². The van der Waals surface area contributed by atoms with E-state index in [1.165, 1.54) is 24.4 Å². The zero-order valence-corrected chi connectivity index (χ0v) is 18.5. The van der Waals surface area contributed by atoms with Gasteiger partial charge in [0.1, 0.15) is 5.69 Å². The second-order valence-electron chi connectivity index (χ2n) is 8.01.